The van der Waals surface area contributed by atoms with Gasteiger partial charge in [-0.05, 0) is 35.4 Å². The van der Waals surface area contributed by atoms with Crippen LogP contribution in [0, 0.1) is 0 Å². The maximum atomic E-state index is 5.66. The molecule has 2 nitrogen and oxygen atoms in total. The van der Waals surface area contributed by atoms with E-state index < -0.39 is 0 Å². The van der Waals surface area contributed by atoms with Crippen molar-refractivity contribution >= 4 is 10.9 Å². The smallest absolute Gasteiger partial charge is 0.0491 e. The third kappa shape index (κ3) is 1.77. The molecule has 1 aromatic carbocycles. The van der Waals surface area contributed by atoms with Crippen molar-refractivity contribution in [3.8, 4) is 0 Å². The van der Waals surface area contributed by atoms with Crippen molar-refractivity contribution in [2.75, 3.05) is 6.54 Å². The summed E-state index contributed by atoms with van der Waals surface area (Å²) < 4.78 is 0. The average Bonchev–Trinajstić information content (AvgIpc) is 2.64. The minimum Gasteiger partial charge on any atom is -0.361 e. The summed E-state index contributed by atoms with van der Waals surface area (Å²) in [5.41, 5.74) is 8.40. The molecule has 0 atom stereocenters. The van der Waals surface area contributed by atoms with E-state index in [1.54, 1.807) is 0 Å². The largest absolute Gasteiger partial charge is 0.361 e. The average molecular weight is 202 g/mol. The highest BCUT2D eigenvalue weighted by Crippen LogP contribution is 2.31. The molecule has 15 heavy (non-hydrogen) atoms. The minimum absolute atomic E-state index is 0.138. The van der Waals surface area contributed by atoms with Crippen LogP contribution in [-0.4, -0.2) is 11.5 Å². The molecule has 1 aromatic heterocycles. The van der Waals surface area contributed by atoms with Gasteiger partial charge in [0.05, 0.1) is 0 Å². The predicted molar refractivity (Wildman–Crippen MR) is 65.0 cm³/mol. The Bertz CT molecular complexity index is 454. The number of aromatic amines is 1. The zero-order chi connectivity index (χ0) is 10.9. The molecule has 0 bridgehead atoms. The third-order valence-corrected chi connectivity index (χ3v) is 3.09. The number of nitrogens with one attached hydrogen (secondary N) is 1. The van der Waals surface area contributed by atoms with Gasteiger partial charge in [-0.2, -0.15) is 0 Å². The lowest BCUT2D eigenvalue weighted by Gasteiger charge is -2.25. The zero-order valence-corrected chi connectivity index (χ0v) is 9.38. The molecule has 0 fully saturated rings. The van der Waals surface area contributed by atoms with Crippen molar-refractivity contribution in [3.63, 3.8) is 0 Å². The summed E-state index contributed by atoms with van der Waals surface area (Å²) in [5.74, 6) is 0. The first-order valence-corrected chi connectivity index (χ1v) is 5.42. The fourth-order valence-corrected chi connectivity index (χ4v) is 2.14. The topological polar surface area (TPSA) is 41.8 Å². The lowest BCUT2D eigenvalue weighted by atomic mass is 9.81. The molecule has 0 aliphatic heterocycles. The van der Waals surface area contributed by atoms with E-state index in [9.17, 15) is 0 Å². The normalized spacial score (nSPS) is 12.2. The summed E-state index contributed by atoms with van der Waals surface area (Å²) >= 11 is 0. The van der Waals surface area contributed by atoms with Crippen molar-refractivity contribution in [2.45, 2.75) is 25.7 Å². The Balaban J connectivity index is 2.55. The Morgan fingerprint density at radius 1 is 1.27 bits per heavy atom. The van der Waals surface area contributed by atoms with E-state index in [0.717, 1.165) is 13.0 Å². The minimum atomic E-state index is 0.138. The molecule has 2 aromatic rings. The van der Waals surface area contributed by atoms with Gasteiger partial charge in [-0.1, -0.05) is 32.0 Å². The molecule has 2 rings (SSSR count). The second kappa shape index (κ2) is 3.70. The van der Waals surface area contributed by atoms with Crippen molar-refractivity contribution in [3.05, 3.63) is 36.0 Å². The standard InChI is InChI=1S/C13H18N2/c1-13(2,7-8-14)11-5-3-4-10-6-9-15-12(10)11/h3-6,9,15H,7-8,14H2,1-2H3. The van der Waals surface area contributed by atoms with E-state index in [1.165, 1.54) is 16.5 Å². The second-order valence-electron chi connectivity index (χ2n) is 4.67. The molecule has 1 heterocycles. The van der Waals surface area contributed by atoms with Gasteiger partial charge in [-0.25, -0.2) is 0 Å². The van der Waals surface area contributed by atoms with Crippen LogP contribution in [0.4, 0.5) is 0 Å². The van der Waals surface area contributed by atoms with Crippen LogP contribution in [0.15, 0.2) is 30.5 Å². The molecule has 0 saturated carbocycles. The maximum Gasteiger partial charge on any atom is 0.0491 e. The van der Waals surface area contributed by atoms with E-state index >= 15 is 0 Å². The molecule has 0 spiro atoms. The van der Waals surface area contributed by atoms with Crippen molar-refractivity contribution in [1.82, 2.24) is 4.98 Å². The summed E-state index contributed by atoms with van der Waals surface area (Å²) in [6.07, 6.45) is 3.00. The molecular weight excluding hydrogens is 184 g/mol. The van der Waals surface area contributed by atoms with Crippen molar-refractivity contribution < 1.29 is 0 Å². The number of fused-ring (bicyclic) bond motifs is 1. The molecule has 0 radical (unpaired) electrons. The number of aromatic nitrogens is 1. The zero-order valence-electron chi connectivity index (χ0n) is 9.38. The molecule has 0 amide bonds. The van der Waals surface area contributed by atoms with Crippen LogP contribution in [0.1, 0.15) is 25.8 Å². The summed E-state index contributed by atoms with van der Waals surface area (Å²) in [6, 6.07) is 8.55. The highest BCUT2D eigenvalue weighted by atomic mass is 14.7. The molecule has 80 valence electrons. The molecule has 0 aliphatic carbocycles. The Hall–Kier alpha value is -1.28. The first-order valence-electron chi connectivity index (χ1n) is 5.42. The first-order chi connectivity index (χ1) is 7.15. The van der Waals surface area contributed by atoms with Gasteiger partial charge in [0.1, 0.15) is 0 Å². The van der Waals surface area contributed by atoms with Crippen LogP contribution in [0.2, 0.25) is 0 Å². The lowest BCUT2D eigenvalue weighted by Crippen LogP contribution is -2.22. The number of benzene rings is 1. The van der Waals surface area contributed by atoms with Crippen LogP contribution < -0.4 is 5.73 Å². The Kier molecular flexibility index (Phi) is 2.53. The first kappa shape index (κ1) is 10.2. The van der Waals surface area contributed by atoms with Gasteiger partial charge in [-0.3, -0.25) is 0 Å². The Morgan fingerprint density at radius 3 is 2.80 bits per heavy atom. The van der Waals surface area contributed by atoms with Crippen LogP contribution >= 0.6 is 0 Å². The summed E-state index contributed by atoms with van der Waals surface area (Å²) in [4.78, 5) is 3.31. The quantitative estimate of drug-likeness (QED) is 0.789. The number of hydrogen-bond acceptors (Lipinski definition) is 1. The molecule has 2 heteroatoms. The number of nitrogens with two attached hydrogens (primary N) is 1. The summed E-state index contributed by atoms with van der Waals surface area (Å²) in [5, 5.41) is 1.28. The van der Waals surface area contributed by atoms with Gasteiger partial charge in [-0.15, -0.1) is 0 Å². The highest BCUT2D eigenvalue weighted by Gasteiger charge is 2.21. The van der Waals surface area contributed by atoms with Gasteiger partial charge in [0, 0.05) is 11.7 Å². The third-order valence-electron chi connectivity index (χ3n) is 3.09. The SMILES string of the molecule is CC(C)(CCN)c1cccc2cc[nH]c12. The number of rotatable bonds is 3. The predicted octanol–water partition coefficient (Wildman–Crippen LogP) is 2.79. The maximum absolute atomic E-state index is 5.66. The van der Waals surface area contributed by atoms with Crippen molar-refractivity contribution in [2.24, 2.45) is 5.73 Å². The molecule has 0 saturated heterocycles. The fourth-order valence-electron chi connectivity index (χ4n) is 2.14. The van der Waals surface area contributed by atoms with E-state index in [4.69, 9.17) is 5.73 Å². The molecular formula is C13H18N2. The fraction of sp³-hybridized carbons (Fsp3) is 0.385. The second-order valence-corrected chi connectivity index (χ2v) is 4.67. The Labute approximate surface area is 90.5 Å². The monoisotopic (exact) mass is 202 g/mol. The Morgan fingerprint density at radius 2 is 2.07 bits per heavy atom. The van der Waals surface area contributed by atoms with Crippen LogP contribution in [-0.2, 0) is 5.41 Å². The van der Waals surface area contributed by atoms with Gasteiger partial charge >= 0.3 is 0 Å². The van der Waals surface area contributed by atoms with Crippen molar-refractivity contribution in [1.29, 1.82) is 0 Å². The van der Waals surface area contributed by atoms with Crippen LogP contribution in [0.3, 0.4) is 0 Å². The summed E-state index contributed by atoms with van der Waals surface area (Å²) in [7, 11) is 0. The number of H-pyrrole nitrogens is 1. The van der Waals surface area contributed by atoms with Crippen LogP contribution in [0.25, 0.3) is 10.9 Å². The van der Waals surface area contributed by atoms with Gasteiger partial charge in [0.15, 0.2) is 0 Å². The van der Waals surface area contributed by atoms with Gasteiger partial charge < -0.3 is 10.7 Å². The molecule has 3 N–H and O–H groups in total. The number of hydrogen-bond donors (Lipinski definition) is 2. The molecule has 0 aliphatic rings. The van der Waals surface area contributed by atoms with E-state index in [1.807, 2.05) is 6.20 Å². The molecule has 0 unspecified atom stereocenters. The highest BCUT2D eigenvalue weighted by molar-refractivity contribution is 5.83. The number of para-hydroxylation sites is 1. The van der Waals surface area contributed by atoms with E-state index in [2.05, 4.69) is 43.1 Å². The van der Waals surface area contributed by atoms with E-state index in [0.29, 0.717) is 0 Å². The lowest BCUT2D eigenvalue weighted by molar-refractivity contribution is 0.491. The van der Waals surface area contributed by atoms with E-state index in [-0.39, 0.29) is 5.41 Å². The van der Waals surface area contributed by atoms with Gasteiger partial charge in [0.25, 0.3) is 0 Å². The van der Waals surface area contributed by atoms with Crippen LogP contribution in [0.5, 0.6) is 0 Å². The summed E-state index contributed by atoms with van der Waals surface area (Å²) in [6.45, 7) is 5.22. The van der Waals surface area contributed by atoms with Gasteiger partial charge in [0.2, 0.25) is 0 Å².